The van der Waals surface area contributed by atoms with Crippen LogP contribution < -0.4 is 11.5 Å². The molecule has 0 aliphatic heterocycles. The van der Waals surface area contributed by atoms with Crippen molar-refractivity contribution >= 4 is 15.9 Å². The Morgan fingerprint density at radius 1 is 1.57 bits per heavy atom. The van der Waals surface area contributed by atoms with Crippen LogP contribution in [0.15, 0.2) is 0 Å². The van der Waals surface area contributed by atoms with Crippen LogP contribution in [0.2, 0.25) is 0 Å². The van der Waals surface area contributed by atoms with Gasteiger partial charge in [0.25, 0.3) is 0 Å². The molecule has 0 fully saturated rings. The zero-order valence-electron chi connectivity index (χ0n) is 4.23. The predicted molar refractivity (Wildman–Crippen MR) is 35.4 cm³/mol. The largest absolute Gasteiger partial charge is 0.329 e. The van der Waals surface area contributed by atoms with Crippen molar-refractivity contribution in [2.24, 2.45) is 11.5 Å². The number of hydrogen-bond acceptors (Lipinski definition) is 2. The molecule has 2 nitrogen and oxygen atoms in total. The van der Waals surface area contributed by atoms with E-state index in [4.69, 9.17) is 11.5 Å². The van der Waals surface area contributed by atoms with Crippen LogP contribution in [0, 0.1) is 0 Å². The first-order valence-corrected chi connectivity index (χ1v) is 3.45. The second-order valence-corrected chi connectivity index (χ2v) is 2.27. The van der Waals surface area contributed by atoms with Crippen LogP contribution in [0.5, 0.6) is 0 Å². The maximum Gasteiger partial charge on any atom is 0.0171 e. The van der Waals surface area contributed by atoms with E-state index in [0.717, 1.165) is 11.8 Å². The Bertz CT molecular complexity index is 40.7. The van der Waals surface area contributed by atoms with Crippen LogP contribution in [0.1, 0.15) is 6.42 Å². The Kier molecular flexibility index (Phi) is 4.82. The van der Waals surface area contributed by atoms with Gasteiger partial charge >= 0.3 is 0 Å². The van der Waals surface area contributed by atoms with E-state index in [0.29, 0.717) is 6.54 Å². The van der Waals surface area contributed by atoms with Gasteiger partial charge in [0.1, 0.15) is 0 Å². The van der Waals surface area contributed by atoms with Gasteiger partial charge in [0.15, 0.2) is 0 Å². The standard InChI is InChI=1S/C4H11BrN2/c5-2-1-4(7)3-6/h4H,1-3,6-7H2. The smallest absolute Gasteiger partial charge is 0.0171 e. The average molecular weight is 167 g/mol. The first-order chi connectivity index (χ1) is 3.31. The highest BCUT2D eigenvalue weighted by atomic mass is 79.9. The maximum atomic E-state index is 5.43. The molecule has 0 bridgehead atoms. The summed E-state index contributed by atoms with van der Waals surface area (Å²) in [6.45, 7) is 0.589. The molecule has 0 aliphatic carbocycles. The van der Waals surface area contributed by atoms with Crippen molar-refractivity contribution in [1.82, 2.24) is 0 Å². The van der Waals surface area contributed by atoms with E-state index in [9.17, 15) is 0 Å². The topological polar surface area (TPSA) is 52.0 Å². The molecular weight excluding hydrogens is 156 g/mol. The zero-order chi connectivity index (χ0) is 5.70. The van der Waals surface area contributed by atoms with E-state index in [1.807, 2.05) is 0 Å². The highest BCUT2D eigenvalue weighted by Crippen LogP contribution is 1.89. The molecule has 0 heterocycles. The lowest BCUT2D eigenvalue weighted by Gasteiger charge is -2.02. The number of nitrogens with two attached hydrogens (primary N) is 2. The molecule has 0 saturated carbocycles. The van der Waals surface area contributed by atoms with Gasteiger partial charge in [0.05, 0.1) is 0 Å². The van der Waals surface area contributed by atoms with E-state index in [1.165, 1.54) is 0 Å². The first-order valence-electron chi connectivity index (χ1n) is 2.33. The highest BCUT2D eigenvalue weighted by Gasteiger charge is 1.93. The molecule has 0 saturated heterocycles. The molecule has 0 aromatic carbocycles. The van der Waals surface area contributed by atoms with E-state index in [2.05, 4.69) is 15.9 Å². The van der Waals surface area contributed by atoms with Gasteiger partial charge in [-0.25, -0.2) is 0 Å². The molecule has 1 unspecified atom stereocenters. The van der Waals surface area contributed by atoms with Gasteiger partial charge in [-0.3, -0.25) is 0 Å². The summed E-state index contributed by atoms with van der Waals surface area (Å²) in [7, 11) is 0. The molecule has 7 heavy (non-hydrogen) atoms. The number of halogens is 1. The average Bonchev–Trinajstić information content (AvgIpc) is 1.68. The molecule has 0 rings (SSSR count). The quantitative estimate of drug-likeness (QED) is 0.584. The van der Waals surface area contributed by atoms with E-state index < -0.39 is 0 Å². The molecule has 0 spiro atoms. The minimum atomic E-state index is 0.180. The summed E-state index contributed by atoms with van der Waals surface area (Å²) in [5, 5.41) is 0.950. The fourth-order valence-corrected chi connectivity index (χ4v) is 0.846. The molecule has 0 aromatic heterocycles. The molecule has 0 aliphatic rings. The molecule has 3 heteroatoms. The predicted octanol–water partition coefficient (Wildman–Crippen LogP) is 0.0574. The van der Waals surface area contributed by atoms with Crippen LogP contribution in [-0.2, 0) is 0 Å². The Balaban J connectivity index is 2.83. The van der Waals surface area contributed by atoms with Crippen LogP contribution in [0.4, 0.5) is 0 Å². The fraction of sp³-hybridized carbons (Fsp3) is 1.00. The normalized spacial score (nSPS) is 14.1. The molecular formula is C4H11BrN2. The lowest BCUT2D eigenvalue weighted by Crippen LogP contribution is -2.29. The monoisotopic (exact) mass is 166 g/mol. The Hall–Kier alpha value is 0.400. The first kappa shape index (κ1) is 7.40. The minimum Gasteiger partial charge on any atom is -0.329 e. The van der Waals surface area contributed by atoms with Crippen molar-refractivity contribution < 1.29 is 0 Å². The van der Waals surface area contributed by atoms with E-state index in [-0.39, 0.29) is 6.04 Å². The van der Waals surface area contributed by atoms with E-state index in [1.54, 1.807) is 0 Å². The lowest BCUT2D eigenvalue weighted by atomic mass is 10.2. The molecule has 0 radical (unpaired) electrons. The van der Waals surface area contributed by atoms with Crippen LogP contribution in [-0.4, -0.2) is 17.9 Å². The summed E-state index contributed by atoms with van der Waals surface area (Å²) in [4.78, 5) is 0. The van der Waals surface area contributed by atoms with Gasteiger partial charge in [-0.1, -0.05) is 15.9 Å². The van der Waals surface area contributed by atoms with Gasteiger partial charge in [-0.15, -0.1) is 0 Å². The molecule has 0 amide bonds. The summed E-state index contributed by atoms with van der Waals surface area (Å²) >= 11 is 3.26. The van der Waals surface area contributed by atoms with Crippen molar-refractivity contribution in [1.29, 1.82) is 0 Å². The molecule has 4 N–H and O–H groups in total. The number of hydrogen-bond donors (Lipinski definition) is 2. The third kappa shape index (κ3) is 4.25. The summed E-state index contributed by atoms with van der Waals surface area (Å²) in [6.07, 6.45) is 0.969. The molecule has 44 valence electrons. The van der Waals surface area contributed by atoms with Crippen molar-refractivity contribution in [3.05, 3.63) is 0 Å². The van der Waals surface area contributed by atoms with Crippen molar-refractivity contribution in [3.8, 4) is 0 Å². The summed E-state index contributed by atoms with van der Waals surface area (Å²) in [6, 6.07) is 0.180. The summed E-state index contributed by atoms with van der Waals surface area (Å²) < 4.78 is 0. The van der Waals surface area contributed by atoms with Gasteiger partial charge in [-0.2, -0.15) is 0 Å². The second-order valence-electron chi connectivity index (χ2n) is 1.47. The third-order valence-electron chi connectivity index (χ3n) is 0.783. The van der Waals surface area contributed by atoms with Gasteiger partial charge in [0.2, 0.25) is 0 Å². The highest BCUT2D eigenvalue weighted by molar-refractivity contribution is 9.09. The van der Waals surface area contributed by atoms with Crippen molar-refractivity contribution in [2.45, 2.75) is 12.5 Å². The Morgan fingerprint density at radius 2 is 2.14 bits per heavy atom. The summed E-state index contributed by atoms with van der Waals surface area (Å²) in [5.74, 6) is 0. The van der Waals surface area contributed by atoms with Crippen molar-refractivity contribution in [2.75, 3.05) is 11.9 Å². The molecule has 1 atom stereocenters. The van der Waals surface area contributed by atoms with E-state index >= 15 is 0 Å². The fourth-order valence-electron chi connectivity index (χ4n) is 0.258. The second kappa shape index (κ2) is 4.56. The lowest BCUT2D eigenvalue weighted by molar-refractivity contribution is 0.667. The van der Waals surface area contributed by atoms with Gasteiger partial charge in [-0.05, 0) is 6.42 Å². The van der Waals surface area contributed by atoms with Gasteiger partial charge in [0, 0.05) is 17.9 Å². The zero-order valence-corrected chi connectivity index (χ0v) is 5.82. The minimum absolute atomic E-state index is 0.180. The van der Waals surface area contributed by atoms with Crippen molar-refractivity contribution in [3.63, 3.8) is 0 Å². The summed E-state index contributed by atoms with van der Waals surface area (Å²) in [5.41, 5.74) is 10.6. The number of alkyl halides is 1. The maximum absolute atomic E-state index is 5.43. The van der Waals surface area contributed by atoms with Crippen LogP contribution in [0.25, 0.3) is 0 Å². The third-order valence-corrected chi connectivity index (χ3v) is 1.24. The Labute approximate surface area is 52.4 Å². The van der Waals surface area contributed by atoms with Crippen LogP contribution >= 0.6 is 15.9 Å². The molecule has 0 aromatic rings. The Morgan fingerprint density at radius 3 is 2.29 bits per heavy atom. The van der Waals surface area contributed by atoms with Gasteiger partial charge < -0.3 is 11.5 Å². The number of rotatable bonds is 3. The van der Waals surface area contributed by atoms with Crippen LogP contribution in [0.3, 0.4) is 0 Å². The SMILES string of the molecule is NCC(N)CCBr.